The first-order chi connectivity index (χ1) is 12.3. The fourth-order valence-electron chi connectivity index (χ4n) is 3.17. The minimum Gasteiger partial charge on any atom is -0.301 e. The van der Waals surface area contributed by atoms with Crippen LogP contribution in [0.3, 0.4) is 0 Å². The smallest absolute Gasteiger partial charge is 0.236 e. The number of hydrogen-bond acceptors (Lipinski definition) is 5. The number of thiazole rings is 1. The van der Waals surface area contributed by atoms with Crippen LogP contribution in [0, 0.1) is 11.3 Å². The SMILES string of the molecule is N#CCSCC(=O)Nc1nc(-c2ccc(C3CCCCC3)cc2)cs1. The first kappa shape index (κ1) is 18.0. The van der Waals surface area contributed by atoms with Crippen molar-refractivity contribution in [1.82, 2.24) is 4.98 Å². The molecule has 0 spiro atoms. The molecule has 0 radical (unpaired) electrons. The van der Waals surface area contributed by atoms with Crippen LogP contribution in [0.15, 0.2) is 29.6 Å². The van der Waals surface area contributed by atoms with Crippen LogP contribution < -0.4 is 5.32 Å². The number of nitrogens with one attached hydrogen (secondary N) is 1. The number of thioether (sulfide) groups is 1. The minimum atomic E-state index is -0.117. The van der Waals surface area contributed by atoms with Crippen molar-refractivity contribution in [3.8, 4) is 17.3 Å². The van der Waals surface area contributed by atoms with E-state index < -0.39 is 0 Å². The van der Waals surface area contributed by atoms with Crippen molar-refractivity contribution in [3.63, 3.8) is 0 Å². The van der Waals surface area contributed by atoms with Crippen LogP contribution in [0.2, 0.25) is 0 Å². The van der Waals surface area contributed by atoms with E-state index in [0.29, 0.717) is 16.8 Å². The lowest BCUT2D eigenvalue weighted by molar-refractivity contribution is -0.113. The Morgan fingerprint density at radius 3 is 2.76 bits per heavy atom. The summed E-state index contributed by atoms with van der Waals surface area (Å²) in [6, 6.07) is 10.7. The molecule has 1 aromatic carbocycles. The lowest BCUT2D eigenvalue weighted by atomic mass is 9.84. The van der Waals surface area contributed by atoms with E-state index in [4.69, 9.17) is 5.26 Å². The van der Waals surface area contributed by atoms with Crippen LogP contribution in [-0.4, -0.2) is 22.4 Å². The van der Waals surface area contributed by atoms with Gasteiger partial charge in [0.2, 0.25) is 5.91 Å². The summed E-state index contributed by atoms with van der Waals surface area (Å²) in [5.74, 6) is 1.19. The number of nitrogens with zero attached hydrogens (tertiary/aromatic N) is 2. The number of benzene rings is 1. The third kappa shape index (κ3) is 5.07. The van der Waals surface area contributed by atoms with Gasteiger partial charge in [0.1, 0.15) is 0 Å². The highest BCUT2D eigenvalue weighted by Crippen LogP contribution is 2.34. The first-order valence-corrected chi connectivity index (χ1v) is 10.6. The number of aromatic nitrogens is 1. The Morgan fingerprint density at radius 2 is 2.04 bits per heavy atom. The van der Waals surface area contributed by atoms with Crippen LogP contribution in [0.5, 0.6) is 0 Å². The van der Waals surface area contributed by atoms with E-state index in [2.05, 4.69) is 34.6 Å². The second-order valence-electron chi connectivity index (χ2n) is 6.19. The van der Waals surface area contributed by atoms with Gasteiger partial charge in [0, 0.05) is 10.9 Å². The lowest BCUT2D eigenvalue weighted by Crippen LogP contribution is -2.14. The molecule has 2 aromatic rings. The van der Waals surface area contributed by atoms with Gasteiger partial charge < -0.3 is 5.32 Å². The summed E-state index contributed by atoms with van der Waals surface area (Å²) in [5.41, 5.74) is 3.40. The van der Waals surface area contributed by atoms with Gasteiger partial charge in [-0.15, -0.1) is 23.1 Å². The number of carbonyl (C=O) groups excluding carboxylic acids is 1. The maximum Gasteiger partial charge on any atom is 0.236 e. The van der Waals surface area contributed by atoms with E-state index in [1.54, 1.807) is 0 Å². The van der Waals surface area contributed by atoms with Gasteiger partial charge in [0.15, 0.2) is 5.13 Å². The summed E-state index contributed by atoms with van der Waals surface area (Å²) in [7, 11) is 0. The van der Waals surface area contributed by atoms with Gasteiger partial charge in [-0.1, -0.05) is 43.5 Å². The van der Waals surface area contributed by atoms with Crippen molar-refractivity contribution >= 4 is 34.1 Å². The molecule has 1 heterocycles. The molecule has 0 bridgehead atoms. The fraction of sp³-hybridized carbons (Fsp3) is 0.421. The Balaban J connectivity index is 1.60. The quantitative estimate of drug-likeness (QED) is 0.721. The Bertz CT molecular complexity index is 743. The third-order valence-electron chi connectivity index (χ3n) is 4.43. The number of hydrogen-bond donors (Lipinski definition) is 1. The van der Waals surface area contributed by atoms with E-state index in [9.17, 15) is 4.79 Å². The zero-order chi connectivity index (χ0) is 17.5. The molecule has 1 saturated carbocycles. The van der Waals surface area contributed by atoms with Crippen molar-refractivity contribution in [1.29, 1.82) is 5.26 Å². The largest absolute Gasteiger partial charge is 0.301 e. The van der Waals surface area contributed by atoms with E-state index in [1.165, 1.54) is 60.8 Å². The summed E-state index contributed by atoms with van der Waals surface area (Å²) >= 11 is 2.73. The molecule has 1 aromatic heterocycles. The number of nitriles is 1. The molecule has 0 aliphatic heterocycles. The maximum atomic E-state index is 11.8. The highest BCUT2D eigenvalue weighted by Gasteiger charge is 2.15. The van der Waals surface area contributed by atoms with Crippen molar-refractivity contribution in [2.45, 2.75) is 38.0 Å². The van der Waals surface area contributed by atoms with E-state index in [0.717, 1.165) is 11.3 Å². The summed E-state index contributed by atoms with van der Waals surface area (Å²) < 4.78 is 0. The Hall–Kier alpha value is -1.84. The molecular formula is C19H21N3OS2. The topological polar surface area (TPSA) is 65.8 Å². The lowest BCUT2D eigenvalue weighted by Gasteiger charge is -2.22. The Kier molecular flexibility index (Phi) is 6.48. The van der Waals surface area contributed by atoms with Gasteiger partial charge in [-0.05, 0) is 24.3 Å². The van der Waals surface area contributed by atoms with Crippen molar-refractivity contribution in [3.05, 3.63) is 35.2 Å². The monoisotopic (exact) mass is 371 g/mol. The molecule has 1 N–H and O–H groups in total. The molecule has 6 heteroatoms. The van der Waals surface area contributed by atoms with Gasteiger partial charge >= 0.3 is 0 Å². The number of anilines is 1. The molecule has 1 aliphatic carbocycles. The highest BCUT2D eigenvalue weighted by molar-refractivity contribution is 8.00. The third-order valence-corrected chi connectivity index (χ3v) is 5.99. The van der Waals surface area contributed by atoms with Crippen molar-refractivity contribution in [2.75, 3.05) is 16.8 Å². The highest BCUT2D eigenvalue weighted by atomic mass is 32.2. The molecule has 1 amide bonds. The van der Waals surface area contributed by atoms with Gasteiger partial charge in [-0.3, -0.25) is 4.79 Å². The average Bonchev–Trinajstić information content (AvgIpc) is 3.11. The van der Waals surface area contributed by atoms with Crippen molar-refractivity contribution in [2.24, 2.45) is 0 Å². The molecule has 1 aliphatic rings. The second kappa shape index (κ2) is 9.02. The van der Waals surface area contributed by atoms with Gasteiger partial charge in [-0.25, -0.2) is 4.98 Å². The maximum absolute atomic E-state index is 11.8. The normalized spacial score (nSPS) is 14.8. The zero-order valence-corrected chi connectivity index (χ0v) is 15.7. The molecule has 0 saturated heterocycles. The Morgan fingerprint density at radius 1 is 1.28 bits per heavy atom. The molecule has 0 atom stereocenters. The van der Waals surface area contributed by atoms with Crippen LogP contribution in [0.4, 0.5) is 5.13 Å². The zero-order valence-electron chi connectivity index (χ0n) is 14.0. The van der Waals surface area contributed by atoms with Gasteiger partial charge in [-0.2, -0.15) is 5.26 Å². The Labute approximate surface area is 156 Å². The van der Waals surface area contributed by atoms with Crippen molar-refractivity contribution < 1.29 is 4.79 Å². The van der Waals surface area contributed by atoms with Gasteiger partial charge in [0.25, 0.3) is 0 Å². The van der Waals surface area contributed by atoms with Crippen LogP contribution in [0.1, 0.15) is 43.6 Å². The first-order valence-electron chi connectivity index (χ1n) is 8.56. The summed E-state index contributed by atoms with van der Waals surface area (Å²) in [4.78, 5) is 16.3. The molecule has 3 rings (SSSR count). The number of amides is 1. The minimum absolute atomic E-state index is 0.117. The molecule has 25 heavy (non-hydrogen) atoms. The molecular weight excluding hydrogens is 350 g/mol. The predicted molar refractivity (Wildman–Crippen MR) is 105 cm³/mol. The van der Waals surface area contributed by atoms with E-state index in [-0.39, 0.29) is 11.7 Å². The summed E-state index contributed by atoms with van der Waals surface area (Å²) in [6.45, 7) is 0. The van der Waals surface area contributed by atoms with Crippen LogP contribution in [-0.2, 0) is 4.79 Å². The average molecular weight is 372 g/mol. The van der Waals surface area contributed by atoms with Crippen LogP contribution >= 0.6 is 23.1 Å². The predicted octanol–water partition coefficient (Wildman–Crippen LogP) is 5.05. The van der Waals surface area contributed by atoms with Gasteiger partial charge in [0.05, 0.1) is 23.3 Å². The molecule has 4 nitrogen and oxygen atoms in total. The van der Waals surface area contributed by atoms with Crippen LogP contribution in [0.25, 0.3) is 11.3 Å². The number of rotatable bonds is 6. The van der Waals surface area contributed by atoms with E-state index in [1.807, 2.05) is 11.4 Å². The van der Waals surface area contributed by atoms with E-state index >= 15 is 0 Å². The summed E-state index contributed by atoms with van der Waals surface area (Å²) in [5, 5.41) is 13.9. The molecule has 0 unspecified atom stereocenters. The standard InChI is InChI=1S/C19H21N3OS2/c20-10-11-24-13-18(23)22-19-21-17(12-25-19)16-8-6-15(7-9-16)14-4-2-1-3-5-14/h6-9,12,14H,1-5,11,13H2,(H,21,22,23). The second-order valence-corrected chi connectivity index (χ2v) is 8.04. The molecule has 1 fully saturated rings. The molecule has 130 valence electrons. The summed E-state index contributed by atoms with van der Waals surface area (Å²) in [6.07, 6.45) is 6.66. The number of carbonyl (C=O) groups is 1. The fourth-order valence-corrected chi connectivity index (χ4v) is 4.36.